The summed E-state index contributed by atoms with van der Waals surface area (Å²) < 4.78 is 19.2. The summed E-state index contributed by atoms with van der Waals surface area (Å²) in [6, 6.07) is 18.5. The van der Waals surface area contributed by atoms with E-state index >= 15 is 0 Å². The van der Waals surface area contributed by atoms with Crippen LogP contribution >= 0.6 is 0 Å². The van der Waals surface area contributed by atoms with Gasteiger partial charge in [-0.25, -0.2) is 14.2 Å². The highest BCUT2D eigenvalue weighted by Crippen LogP contribution is 2.29. The molecule has 0 atom stereocenters. The lowest BCUT2D eigenvalue weighted by Gasteiger charge is -2.18. The molecule has 1 heterocycles. The standard InChI is InChI=1S/C24H17FN2O4/c1-31-24(30)16-8-6-15(7-9-16)14-21-23(29)27(17-10-12-18(28)13-11-17)22(26-21)19-4-2-3-5-20(19)25/h2-14,28H,1H3/b21-14+. The molecule has 3 aromatic rings. The number of halogens is 1. The predicted molar refractivity (Wildman–Crippen MR) is 114 cm³/mol. The molecule has 1 N–H and O–H groups in total. The Morgan fingerprint density at radius 3 is 2.35 bits per heavy atom. The molecule has 7 heteroatoms. The van der Waals surface area contributed by atoms with Gasteiger partial charge in [0.05, 0.1) is 23.9 Å². The summed E-state index contributed by atoms with van der Waals surface area (Å²) in [5, 5.41) is 9.58. The van der Waals surface area contributed by atoms with Gasteiger partial charge in [-0.15, -0.1) is 0 Å². The summed E-state index contributed by atoms with van der Waals surface area (Å²) >= 11 is 0. The molecule has 6 nitrogen and oxygen atoms in total. The number of amidine groups is 1. The minimum atomic E-state index is -0.512. The molecule has 4 rings (SSSR count). The lowest BCUT2D eigenvalue weighted by molar-refractivity contribution is -0.113. The van der Waals surface area contributed by atoms with Crippen LogP contribution in [0.3, 0.4) is 0 Å². The summed E-state index contributed by atoms with van der Waals surface area (Å²) in [5.74, 6) is -1.23. The SMILES string of the molecule is COC(=O)c1ccc(/C=C2/N=C(c3ccccc3F)N(c3ccc(O)cc3)C2=O)cc1. The first kappa shape index (κ1) is 20.0. The number of esters is 1. The van der Waals surface area contributed by atoms with Crippen molar-refractivity contribution >= 4 is 29.5 Å². The molecule has 31 heavy (non-hydrogen) atoms. The number of carbonyl (C=O) groups is 2. The maximum Gasteiger partial charge on any atom is 0.337 e. The minimum absolute atomic E-state index is 0.0428. The van der Waals surface area contributed by atoms with Crippen molar-refractivity contribution in [2.24, 2.45) is 4.99 Å². The Labute approximate surface area is 177 Å². The molecule has 0 bridgehead atoms. The molecular weight excluding hydrogens is 399 g/mol. The molecule has 0 unspecified atom stereocenters. The third kappa shape index (κ3) is 3.93. The van der Waals surface area contributed by atoms with Crippen molar-refractivity contribution in [3.8, 4) is 5.75 Å². The number of rotatable bonds is 4. The maximum atomic E-state index is 14.5. The molecule has 0 aromatic heterocycles. The Morgan fingerprint density at radius 1 is 1.03 bits per heavy atom. The largest absolute Gasteiger partial charge is 0.508 e. The highest BCUT2D eigenvalue weighted by atomic mass is 19.1. The zero-order valence-electron chi connectivity index (χ0n) is 16.4. The topological polar surface area (TPSA) is 79.2 Å². The number of hydrogen-bond donors (Lipinski definition) is 1. The number of amides is 1. The van der Waals surface area contributed by atoms with E-state index in [9.17, 15) is 19.1 Å². The van der Waals surface area contributed by atoms with E-state index in [1.165, 1.54) is 30.2 Å². The molecule has 0 fully saturated rings. The first-order valence-corrected chi connectivity index (χ1v) is 9.35. The number of hydrogen-bond acceptors (Lipinski definition) is 5. The molecule has 0 saturated carbocycles. The van der Waals surface area contributed by atoms with Gasteiger partial charge in [-0.05, 0) is 60.2 Å². The molecule has 0 radical (unpaired) electrons. The lowest BCUT2D eigenvalue weighted by Crippen LogP contribution is -2.33. The summed E-state index contributed by atoms with van der Waals surface area (Å²) in [6.07, 6.45) is 1.56. The monoisotopic (exact) mass is 416 g/mol. The molecular formula is C24H17FN2O4. The van der Waals surface area contributed by atoms with E-state index in [0.29, 0.717) is 16.8 Å². The number of phenols is 1. The van der Waals surface area contributed by atoms with Gasteiger partial charge in [-0.2, -0.15) is 0 Å². The highest BCUT2D eigenvalue weighted by Gasteiger charge is 2.33. The van der Waals surface area contributed by atoms with Crippen LogP contribution in [0.25, 0.3) is 6.08 Å². The van der Waals surface area contributed by atoms with Crippen molar-refractivity contribution in [3.63, 3.8) is 0 Å². The number of nitrogens with zero attached hydrogens (tertiary/aromatic N) is 2. The second-order valence-electron chi connectivity index (χ2n) is 6.72. The third-order valence-electron chi connectivity index (χ3n) is 4.72. The third-order valence-corrected chi connectivity index (χ3v) is 4.72. The van der Waals surface area contributed by atoms with Crippen LogP contribution < -0.4 is 4.90 Å². The van der Waals surface area contributed by atoms with Crippen LogP contribution in [-0.4, -0.2) is 29.9 Å². The van der Waals surface area contributed by atoms with E-state index in [1.807, 2.05) is 0 Å². The van der Waals surface area contributed by atoms with Gasteiger partial charge in [0, 0.05) is 0 Å². The number of phenolic OH excluding ortho intramolecular Hbond substituents is 1. The van der Waals surface area contributed by atoms with Crippen molar-refractivity contribution in [3.05, 3.63) is 101 Å². The summed E-state index contributed by atoms with van der Waals surface area (Å²) in [4.78, 5) is 30.5. The van der Waals surface area contributed by atoms with Gasteiger partial charge in [0.2, 0.25) is 0 Å². The fourth-order valence-electron chi connectivity index (χ4n) is 3.17. The van der Waals surface area contributed by atoms with E-state index in [1.54, 1.807) is 60.7 Å². The van der Waals surface area contributed by atoms with Crippen LogP contribution in [0.15, 0.2) is 83.5 Å². The molecule has 0 saturated heterocycles. The van der Waals surface area contributed by atoms with Crippen LogP contribution in [0, 0.1) is 5.82 Å². The van der Waals surface area contributed by atoms with E-state index in [-0.39, 0.29) is 22.8 Å². The number of ether oxygens (including phenoxy) is 1. The molecule has 154 valence electrons. The highest BCUT2D eigenvalue weighted by molar-refractivity contribution is 6.33. The van der Waals surface area contributed by atoms with E-state index < -0.39 is 17.7 Å². The van der Waals surface area contributed by atoms with E-state index in [2.05, 4.69) is 9.73 Å². The normalized spacial score (nSPS) is 14.6. The van der Waals surface area contributed by atoms with E-state index in [4.69, 9.17) is 0 Å². The number of aliphatic imine (C=N–C) groups is 1. The second-order valence-corrected chi connectivity index (χ2v) is 6.72. The van der Waals surface area contributed by atoms with Gasteiger partial charge < -0.3 is 9.84 Å². The zero-order valence-corrected chi connectivity index (χ0v) is 16.4. The Hall–Kier alpha value is -4.26. The first-order chi connectivity index (χ1) is 15.0. The number of carbonyl (C=O) groups excluding carboxylic acids is 2. The summed E-state index contributed by atoms with van der Waals surface area (Å²) in [6.45, 7) is 0. The lowest BCUT2D eigenvalue weighted by atomic mass is 10.1. The molecule has 3 aromatic carbocycles. The van der Waals surface area contributed by atoms with Crippen molar-refractivity contribution in [2.45, 2.75) is 0 Å². The van der Waals surface area contributed by atoms with E-state index in [0.717, 1.165) is 0 Å². The Kier molecular flexibility index (Phi) is 5.32. The molecule has 1 aliphatic rings. The smallest absolute Gasteiger partial charge is 0.337 e. The molecule has 0 aliphatic carbocycles. The summed E-state index contributed by atoms with van der Waals surface area (Å²) in [5.41, 5.74) is 1.74. The van der Waals surface area contributed by atoms with Crippen LogP contribution in [-0.2, 0) is 9.53 Å². The maximum absolute atomic E-state index is 14.5. The van der Waals surface area contributed by atoms with Crippen molar-refractivity contribution < 1.29 is 23.8 Å². The predicted octanol–water partition coefficient (Wildman–Crippen LogP) is 4.15. The van der Waals surface area contributed by atoms with Crippen molar-refractivity contribution in [2.75, 3.05) is 12.0 Å². The summed E-state index contributed by atoms with van der Waals surface area (Å²) in [7, 11) is 1.30. The van der Waals surface area contributed by atoms with Crippen LogP contribution in [0.1, 0.15) is 21.5 Å². The number of aromatic hydroxyl groups is 1. The average Bonchev–Trinajstić information content (AvgIpc) is 3.10. The van der Waals surface area contributed by atoms with Gasteiger partial charge in [-0.1, -0.05) is 24.3 Å². The van der Waals surface area contributed by atoms with Crippen molar-refractivity contribution in [1.82, 2.24) is 0 Å². The fourth-order valence-corrected chi connectivity index (χ4v) is 3.17. The first-order valence-electron chi connectivity index (χ1n) is 9.35. The average molecular weight is 416 g/mol. The van der Waals surface area contributed by atoms with Crippen LogP contribution in [0.5, 0.6) is 5.75 Å². The Bertz CT molecular complexity index is 1220. The van der Waals surface area contributed by atoms with Gasteiger partial charge in [0.1, 0.15) is 17.3 Å². The second kappa shape index (κ2) is 8.23. The van der Waals surface area contributed by atoms with Gasteiger partial charge in [-0.3, -0.25) is 9.69 Å². The van der Waals surface area contributed by atoms with Crippen LogP contribution in [0.2, 0.25) is 0 Å². The Morgan fingerprint density at radius 2 is 1.71 bits per heavy atom. The van der Waals surface area contributed by atoms with Crippen molar-refractivity contribution in [1.29, 1.82) is 0 Å². The fraction of sp³-hybridized carbons (Fsp3) is 0.0417. The number of anilines is 1. The van der Waals surface area contributed by atoms with Gasteiger partial charge in [0.15, 0.2) is 5.84 Å². The van der Waals surface area contributed by atoms with Gasteiger partial charge in [0.25, 0.3) is 5.91 Å². The van der Waals surface area contributed by atoms with Crippen LogP contribution in [0.4, 0.5) is 10.1 Å². The number of methoxy groups -OCH3 is 1. The quantitative estimate of drug-likeness (QED) is 0.512. The minimum Gasteiger partial charge on any atom is -0.508 e. The number of benzene rings is 3. The zero-order chi connectivity index (χ0) is 22.0. The molecule has 0 spiro atoms. The van der Waals surface area contributed by atoms with Gasteiger partial charge >= 0.3 is 5.97 Å². The Balaban J connectivity index is 1.78. The molecule has 1 amide bonds. The molecule has 1 aliphatic heterocycles.